The Balaban J connectivity index is 1.39. The van der Waals surface area contributed by atoms with E-state index in [1.807, 2.05) is 38.1 Å². The lowest BCUT2D eigenvalue weighted by Gasteiger charge is -2.37. The highest BCUT2D eigenvalue weighted by molar-refractivity contribution is 6.30. The van der Waals surface area contributed by atoms with Crippen LogP contribution in [0, 0.1) is 5.92 Å². The number of amides is 1. The first-order chi connectivity index (χ1) is 17.9. The summed E-state index contributed by atoms with van der Waals surface area (Å²) < 4.78 is 1.48. The fraction of sp³-hybridized carbons (Fsp3) is 0.500. The van der Waals surface area contributed by atoms with Crippen LogP contribution in [0.25, 0.3) is 22.3 Å². The van der Waals surface area contributed by atoms with Crippen molar-refractivity contribution >= 4 is 28.4 Å². The Morgan fingerprint density at radius 2 is 1.89 bits per heavy atom. The molecule has 1 aromatic heterocycles. The summed E-state index contributed by atoms with van der Waals surface area (Å²) in [6, 6.07) is 13.3. The fourth-order valence-corrected chi connectivity index (χ4v) is 5.98. The lowest BCUT2D eigenvalue weighted by Crippen LogP contribution is -2.37. The van der Waals surface area contributed by atoms with E-state index in [1.165, 1.54) is 68.3 Å². The van der Waals surface area contributed by atoms with E-state index in [0.29, 0.717) is 33.2 Å². The van der Waals surface area contributed by atoms with Gasteiger partial charge < -0.3 is 10.2 Å². The summed E-state index contributed by atoms with van der Waals surface area (Å²) in [5.74, 6) is 1.49. The van der Waals surface area contributed by atoms with E-state index in [0.717, 1.165) is 5.92 Å². The van der Waals surface area contributed by atoms with Crippen molar-refractivity contribution in [3.05, 3.63) is 63.4 Å². The van der Waals surface area contributed by atoms with E-state index in [2.05, 4.69) is 16.3 Å². The molecule has 0 unspecified atom stereocenters. The van der Waals surface area contributed by atoms with Crippen LogP contribution >= 0.6 is 11.6 Å². The summed E-state index contributed by atoms with van der Waals surface area (Å²) in [4.78, 5) is 33.9. The first-order valence-corrected chi connectivity index (χ1v) is 14.1. The number of carbonyl (C=O) groups excluding carboxylic acids is 1. The van der Waals surface area contributed by atoms with Crippen molar-refractivity contribution in [3.8, 4) is 11.4 Å². The fourth-order valence-electron chi connectivity index (χ4n) is 5.79. The molecule has 2 heterocycles. The average Bonchev–Trinajstić information content (AvgIpc) is 2.85. The van der Waals surface area contributed by atoms with Crippen LogP contribution in [0.2, 0.25) is 5.02 Å². The molecule has 196 valence electrons. The second-order valence-corrected chi connectivity index (χ2v) is 11.5. The van der Waals surface area contributed by atoms with Gasteiger partial charge in [0.05, 0.1) is 10.9 Å². The molecular weight excluding hydrogens is 484 g/mol. The number of hydrogen-bond acceptors (Lipinski definition) is 4. The molecule has 1 aliphatic heterocycles. The van der Waals surface area contributed by atoms with Crippen LogP contribution in [-0.4, -0.2) is 46.0 Å². The maximum Gasteiger partial charge on any atom is 0.262 e. The molecule has 2 fully saturated rings. The van der Waals surface area contributed by atoms with Gasteiger partial charge >= 0.3 is 0 Å². The zero-order valence-electron chi connectivity index (χ0n) is 21.9. The lowest BCUT2D eigenvalue weighted by atomic mass is 9.70. The second kappa shape index (κ2) is 11.4. The Morgan fingerprint density at radius 3 is 2.62 bits per heavy atom. The van der Waals surface area contributed by atoms with Gasteiger partial charge in [-0.15, -0.1) is 0 Å². The molecule has 0 atom stereocenters. The van der Waals surface area contributed by atoms with Gasteiger partial charge in [-0.1, -0.05) is 36.2 Å². The molecule has 1 N–H and O–H groups in total. The summed E-state index contributed by atoms with van der Waals surface area (Å²) in [5.41, 5.74) is 2.37. The monoisotopic (exact) mass is 520 g/mol. The number of aromatic nitrogens is 2. The third kappa shape index (κ3) is 6.07. The molecule has 2 aliphatic rings. The molecule has 1 aliphatic carbocycles. The van der Waals surface area contributed by atoms with Crippen molar-refractivity contribution in [2.75, 3.05) is 19.6 Å². The predicted octanol–water partition coefficient (Wildman–Crippen LogP) is 5.61. The van der Waals surface area contributed by atoms with Gasteiger partial charge in [-0.05, 0) is 107 Å². The highest BCUT2D eigenvalue weighted by Gasteiger charge is 2.31. The lowest BCUT2D eigenvalue weighted by molar-refractivity contribution is -0.122. The molecule has 37 heavy (non-hydrogen) atoms. The van der Waals surface area contributed by atoms with Crippen molar-refractivity contribution in [1.82, 2.24) is 19.8 Å². The molecule has 0 bridgehead atoms. The van der Waals surface area contributed by atoms with Crippen molar-refractivity contribution in [2.24, 2.45) is 5.92 Å². The molecule has 1 saturated heterocycles. The maximum absolute atomic E-state index is 13.8. The van der Waals surface area contributed by atoms with Crippen LogP contribution in [0.5, 0.6) is 0 Å². The van der Waals surface area contributed by atoms with Crippen molar-refractivity contribution in [1.29, 1.82) is 0 Å². The largest absolute Gasteiger partial charge is 0.352 e. The van der Waals surface area contributed by atoms with Crippen LogP contribution in [0.3, 0.4) is 0 Å². The van der Waals surface area contributed by atoms with Crippen LogP contribution in [-0.2, 0) is 11.3 Å². The molecule has 7 heteroatoms. The Labute approximate surface area is 224 Å². The topological polar surface area (TPSA) is 67.2 Å². The zero-order chi connectivity index (χ0) is 25.9. The van der Waals surface area contributed by atoms with Crippen LogP contribution < -0.4 is 10.9 Å². The van der Waals surface area contributed by atoms with Gasteiger partial charge in [-0.25, -0.2) is 4.98 Å². The Morgan fingerprint density at radius 1 is 1.11 bits per heavy atom. The molecule has 6 nitrogen and oxygen atoms in total. The number of nitrogens with zero attached hydrogens (tertiary/aromatic N) is 3. The van der Waals surface area contributed by atoms with E-state index in [-0.39, 0.29) is 24.1 Å². The number of piperidine rings is 1. The van der Waals surface area contributed by atoms with Gasteiger partial charge in [0.2, 0.25) is 5.91 Å². The zero-order valence-corrected chi connectivity index (χ0v) is 22.6. The summed E-state index contributed by atoms with van der Waals surface area (Å²) in [7, 11) is 0. The maximum atomic E-state index is 13.8. The predicted molar refractivity (Wildman–Crippen MR) is 150 cm³/mol. The van der Waals surface area contributed by atoms with Crippen molar-refractivity contribution < 1.29 is 4.79 Å². The van der Waals surface area contributed by atoms with Crippen molar-refractivity contribution in [3.63, 3.8) is 0 Å². The Bertz CT molecular complexity index is 1320. The Hall–Kier alpha value is -2.70. The van der Waals surface area contributed by atoms with Crippen LogP contribution in [0.15, 0.2) is 47.3 Å². The first kappa shape index (κ1) is 25.9. The van der Waals surface area contributed by atoms with Crippen molar-refractivity contribution in [2.45, 2.75) is 70.9 Å². The van der Waals surface area contributed by atoms with Crippen LogP contribution in [0.4, 0.5) is 0 Å². The molecular formula is C30H37ClN4O2. The average molecular weight is 521 g/mol. The van der Waals surface area contributed by atoms with Gasteiger partial charge in [0.25, 0.3) is 5.56 Å². The number of rotatable bonds is 8. The molecule has 0 spiro atoms. The van der Waals surface area contributed by atoms with Gasteiger partial charge in [-0.2, -0.15) is 0 Å². The number of fused-ring (bicyclic) bond motifs is 1. The number of benzene rings is 2. The van der Waals surface area contributed by atoms with Gasteiger partial charge in [0, 0.05) is 16.6 Å². The minimum Gasteiger partial charge on any atom is -0.352 e. The van der Waals surface area contributed by atoms with Gasteiger partial charge in [-0.3, -0.25) is 14.2 Å². The molecule has 1 saturated carbocycles. The molecule has 5 rings (SSSR count). The first-order valence-electron chi connectivity index (χ1n) is 13.7. The SMILES string of the molecule is CC(C)NC(=O)Cn1c(-c2cccc(Cl)c2)nc2ccc([C@H]3C[C@@H](CCN4CCCCC4)C3)cc2c1=O. The Kier molecular flexibility index (Phi) is 7.96. The minimum absolute atomic E-state index is 0.0145. The number of likely N-dealkylation sites (tertiary alicyclic amines) is 1. The number of nitrogens with one attached hydrogen (secondary N) is 1. The van der Waals surface area contributed by atoms with E-state index >= 15 is 0 Å². The highest BCUT2D eigenvalue weighted by atomic mass is 35.5. The number of hydrogen-bond donors (Lipinski definition) is 1. The minimum atomic E-state index is -0.215. The molecule has 1 amide bonds. The summed E-state index contributed by atoms with van der Waals surface area (Å²) >= 11 is 6.24. The molecule has 0 radical (unpaired) electrons. The molecule has 3 aromatic rings. The van der Waals surface area contributed by atoms with E-state index < -0.39 is 0 Å². The summed E-state index contributed by atoms with van der Waals surface area (Å²) in [6.45, 7) is 7.45. The quantitative estimate of drug-likeness (QED) is 0.419. The summed E-state index contributed by atoms with van der Waals surface area (Å²) in [6.07, 6.45) is 7.69. The number of halogens is 1. The van der Waals surface area contributed by atoms with E-state index in [4.69, 9.17) is 16.6 Å². The molecule has 2 aromatic carbocycles. The van der Waals surface area contributed by atoms with Gasteiger partial charge in [0.15, 0.2) is 0 Å². The van der Waals surface area contributed by atoms with E-state index in [1.54, 1.807) is 12.1 Å². The van der Waals surface area contributed by atoms with Gasteiger partial charge in [0.1, 0.15) is 12.4 Å². The number of carbonyl (C=O) groups is 1. The smallest absolute Gasteiger partial charge is 0.262 e. The third-order valence-corrected chi connectivity index (χ3v) is 8.06. The highest BCUT2D eigenvalue weighted by Crippen LogP contribution is 2.43. The van der Waals surface area contributed by atoms with E-state index in [9.17, 15) is 9.59 Å². The standard InChI is InChI=1S/C30H37ClN4O2/c1-20(2)32-28(36)19-35-29(23-7-6-8-25(31)17-23)33-27-10-9-22(18-26(27)30(35)37)24-15-21(16-24)11-14-34-12-4-3-5-13-34/h6-10,17-18,20-21,24H,3-5,11-16,19H2,1-2H3,(H,32,36)/t21-,24+. The summed E-state index contributed by atoms with van der Waals surface area (Å²) in [5, 5.41) is 4.01. The third-order valence-electron chi connectivity index (χ3n) is 7.82. The van der Waals surface area contributed by atoms with Crippen LogP contribution in [0.1, 0.15) is 63.9 Å². The normalized spacial score (nSPS) is 20.2. The second-order valence-electron chi connectivity index (χ2n) is 11.1.